The number of rotatable bonds is 2. The number of aliphatic imine (C=N–C) groups is 1. The molecule has 0 saturated heterocycles. The van der Waals surface area contributed by atoms with Gasteiger partial charge < -0.3 is 5.32 Å². The van der Waals surface area contributed by atoms with Crippen LogP contribution in [0.2, 0.25) is 0 Å². The Morgan fingerprint density at radius 3 is 2.43 bits per heavy atom. The highest BCUT2D eigenvalue weighted by atomic mass is 16.6. The topological polar surface area (TPSA) is 67.5 Å². The zero-order chi connectivity index (χ0) is 10.6. The lowest BCUT2D eigenvalue weighted by Gasteiger charge is -2.03. The van der Waals surface area contributed by atoms with E-state index in [9.17, 15) is 10.1 Å². The van der Waals surface area contributed by atoms with Crippen LogP contribution in [0.25, 0.3) is 0 Å². The Hall–Kier alpha value is -1.91. The number of nitro benzene ring substituents is 1. The second-order valence-electron chi connectivity index (χ2n) is 2.74. The summed E-state index contributed by atoms with van der Waals surface area (Å²) in [6.07, 6.45) is 0. The molecule has 0 fully saturated rings. The Kier molecular flexibility index (Phi) is 3.17. The summed E-state index contributed by atoms with van der Waals surface area (Å²) in [4.78, 5) is 13.8. The van der Waals surface area contributed by atoms with Crippen LogP contribution in [0.1, 0.15) is 6.92 Å². The minimum Gasteiger partial charge on any atom is -0.344 e. The largest absolute Gasteiger partial charge is 0.344 e. The molecule has 0 heterocycles. The molecule has 5 heteroatoms. The van der Waals surface area contributed by atoms with Crippen molar-refractivity contribution < 1.29 is 4.92 Å². The van der Waals surface area contributed by atoms with Gasteiger partial charge in [-0.2, -0.15) is 0 Å². The highest BCUT2D eigenvalue weighted by Crippen LogP contribution is 2.15. The Morgan fingerprint density at radius 1 is 1.43 bits per heavy atom. The van der Waals surface area contributed by atoms with Crippen LogP contribution in [0.5, 0.6) is 0 Å². The molecule has 0 unspecified atom stereocenters. The first kappa shape index (κ1) is 10.2. The maximum atomic E-state index is 10.4. The highest BCUT2D eigenvalue weighted by Gasteiger charge is 2.03. The zero-order valence-corrected chi connectivity index (χ0v) is 8.02. The minimum atomic E-state index is -0.426. The number of nitrogens with one attached hydrogen (secondary N) is 1. The van der Waals surface area contributed by atoms with Gasteiger partial charge in [-0.05, 0) is 19.1 Å². The van der Waals surface area contributed by atoms with Crippen molar-refractivity contribution in [1.29, 1.82) is 0 Å². The van der Waals surface area contributed by atoms with Gasteiger partial charge in [0.05, 0.1) is 10.8 Å². The fourth-order valence-electron chi connectivity index (χ4n) is 0.931. The summed E-state index contributed by atoms with van der Waals surface area (Å²) in [6.45, 7) is 1.82. The molecule has 0 aliphatic rings. The number of amidine groups is 1. The van der Waals surface area contributed by atoms with E-state index >= 15 is 0 Å². The average Bonchev–Trinajstić information content (AvgIpc) is 2.18. The van der Waals surface area contributed by atoms with Crippen molar-refractivity contribution in [3.63, 3.8) is 0 Å². The fourth-order valence-corrected chi connectivity index (χ4v) is 0.931. The summed E-state index contributed by atoms with van der Waals surface area (Å²) < 4.78 is 0. The Bertz CT molecular complexity index is 357. The van der Waals surface area contributed by atoms with Crippen molar-refractivity contribution >= 4 is 17.2 Å². The Labute approximate surface area is 81.6 Å². The third-order valence-electron chi connectivity index (χ3n) is 1.74. The van der Waals surface area contributed by atoms with Crippen molar-refractivity contribution in [1.82, 2.24) is 0 Å². The van der Waals surface area contributed by atoms with Gasteiger partial charge in [-0.25, -0.2) is 0 Å². The molecular weight excluding hydrogens is 182 g/mol. The fraction of sp³-hybridized carbons (Fsp3) is 0.222. The van der Waals surface area contributed by atoms with Gasteiger partial charge in [0, 0.05) is 24.9 Å². The highest BCUT2D eigenvalue weighted by molar-refractivity contribution is 5.93. The molecule has 0 amide bonds. The lowest BCUT2D eigenvalue weighted by molar-refractivity contribution is -0.384. The van der Waals surface area contributed by atoms with E-state index in [2.05, 4.69) is 10.3 Å². The third kappa shape index (κ3) is 2.55. The molecule has 0 saturated carbocycles. The molecule has 0 aromatic heterocycles. The second-order valence-corrected chi connectivity index (χ2v) is 2.74. The number of nitrogens with zero attached hydrogens (tertiary/aromatic N) is 2. The Balaban J connectivity index is 2.79. The normalized spacial score (nSPS) is 11.1. The van der Waals surface area contributed by atoms with E-state index < -0.39 is 4.92 Å². The van der Waals surface area contributed by atoms with Crippen molar-refractivity contribution in [2.75, 3.05) is 12.4 Å². The number of hydrogen-bond donors (Lipinski definition) is 1. The first-order chi connectivity index (χ1) is 6.63. The molecule has 0 bridgehead atoms. The summed E-state index contributed by atoms with van der Waals surface area (Å²) >= 11 is 0. The van der Waals surface area contributed by atoms with Crippen LogP contribution >= 0.6 is 0 Å². The molecule has 1 aromatic carbocycles. The lowest BCUT2D eigenvalue weighted by Crippen LogP contribution is -2.06. The van der Waals surface area contributed by atoms with Crippen molar-refractivity contribution in [2.24, 2.45) is 4.99 Å². The number of benzene rings is 1. The van der Waals surface area contributed by atoms with E-state index in [1.807, 2.05) is 6.92 Å². The molecule has 74 valence electrons. The monoisotopic (exact) mass is 193 g/mol. The van der Waals surface area contributed by atoms with Gasteiger partial charge in [0.25, 0.3) is 5.69 Å². The van der Waals surface area contributed by atoms with E-state index in [1.54, 1.807) is 19.2 Å². The number of hydrogen-bond acceptors (Lipinski definition) is 3. The smallest absolute Gasteiger partial charge is 0.269 e. The average molecular weight is 193 g/mol. The van der Waals surface area contributed by atoms with Gasteiger partial charge in [-0.3, -0.25) is 15.1 Å². The molecule has 0 radical (unpaired) electrons. The molecule has 1 rings (SSSR count). The predicted octanol–water partition coefficient (Wildman–Crippen LogP) is 2.05. The summed E-state index contributed by atoms with van der Waals surface area (Å²) in [5, 5.41) is 13.3. The lowest BCUT2D eigenvalue weighted by atomic mass is 10.3. The molecule has 1 N–H and O–H groups in total. The molecule has 1 aromatic rings. The first-order valence-corrected chi connectivity index (χ1v) is 4.08. The van der Waals surface area contributed by atoms with Crippen molar-refractivity contribution in [3.05, 3.63) is 34.4 Å². The second kappa shape index (κ2) is 4.36. The molecule has 0 aliphatic carbocycles. The van der Waals surface area contributed by atoms with Crippen molar-refractivity contribution in [2.45, 2.75) is 6.92 Å². The van der Waals surface area contributed by atoms with E-state index in [0.29, 0.717) is 0 Å². The van der Waals surface area contributed by atoms with E-state index in [1.165, 1.54) is 12.1 Å². The summed E-state index contributed by atoms with van der Waals surface area (Å²) in [5.41, 5.74) is 0.875. The van der Waals surface area contributed by atoms with Gasteiger partial charge in [-0.15, -0.1) is 0 Å². The first-order valence-electron chi connectivity index (χ1n) is 4.08. The maximum absolute atomic E-state index is 10.4. The SMILES string of the molecule is CN=C(C)Nc1ccc([N+](=O)[O-])cc1. The molecule has 0 atom stereocenters. The van der Waals surface area contributed by atoms with Crippen LogP contribution in [-0.4, -0.2) is 17.8 Å². The molecule has 5 nitrogen and oxygen atoms in total. The zero-order valence-electron chi connectivity index (χ0n) is 8.02. The molecule has 0 spiro atoms. The summed E-state index contributed by atoms with van der Waals surface area (Å²) in [5.74, 6) is 0.763. The third-order valence-corrected chi connectivity index (χ3v) is 1.74. The maximum Gasteiger partial charge on any atom is 0.269 e. The van der Waals surface area contributed by atoms with E-state index in [4.69, 9.17) is 0 Å². The van der Waals surface area contributed by atoms with Crippen LogP contribution in [0.4, 0.5) is 11.4 Å². The van der Waals surface area contributed by atoms with Crippen LogP contribution in [0.3, 0.4) is 0 Å². The van der Waals surface area contributed by atoms with Crippen LogP contribution in [0, 0.1) is 10.1 Å². The van der Waals surface area contributed by atoms with Gasteiger partial charge in [-0.1, -0.05) is 0 Å². The van der Waals surface area contributed by atoms with E-state index in [0.717, 1.165) is 11.5 Å². The van der Waals surface area contributed by atoms with Crippen LogP contribution in [0.15, 0.2) is 29.3 Å². The standard InChI is InChI=1S/C9H11N3O2/c1-7(10-2)11-8-3-5-9(6-4-8)12(13)14/h3-6H,1-2H3,(H,10,11). The summed E-state index contributed by atoms with van der Waals surface area (Å²) in [7, 11) is 1.67. The van der Waals surface area contributed by atoms with Gasteiger partial charge in [0.15, 0.2) is 0 Å². The minimum absolute atomic E-state index is 0.0849. The molecule has 14 heavy (non-hydrogen) atoms. The van der Waals surface area contributed by atoms with Gasteiger partial charge in [0.2, 0.25) is 0 Å². The Morgan fingerprint density at radius 2 is 2.00 bits per heavy atom. The number of anilines is 1. The quantitative estimate of drug-likeness (QED) is 0.338. The number of nitro groups is 1. The molecule has 0 aliphatic heterocycles. The van der Waals surface area contributed by atoms with Gasteiger partial charge in [0.1, 0.15) is 0 Å². The van der Waals surface area contributed by atoms with Crippen molar-refractivity contribution in [3.8, 4) is 0 Å². The van der Waals surface area contributed by atoms with Crippen LogP contribution < -0.4 is 5.32 Å². The molecular formula is C9H11N3O2. The van der Waals surface area contributed by atoms with E-state index in [-0.39, 0.29) is 5.69 Å². The predicted molar refractivity (Wildman–Crippen MR) is 55.8 cm³/mol. The summed E-state index contributed by atoms with van der Waals surface area (Å²) in [6, 6.07) is 6.19. The van der Waals surface area contributed by atoms with Gasteiger partial charge >= 0.3 is 0 Å². The van der Waals surface area contributed by atoms with Crippen LogP contribution in [-0.2, 0) is 0 Å². The number of non-ortho nitro benzene ring substituents is 1.